The number of benzene rings is 8. The largest absolute Gasteiger partial charge is 0.502 e. The highest BCUT2D eigenvalue weighted by atomic mass is 35.5. The predicted molar refractivity (Wildman–Crippen MR) is 376 cm³/mol. The zero-order valence-electron chi connectivity index (χ0n) is 54.0. The van der Waals surface area contributed by atoms with Crippen molar-refractivity contribution in [3.8, 4) is 85.3 Å². The van der Waals surface area contributed by atoms with Crippen LogP contribution in [0.5, 0.6) is 40.2 Å². The highest BCUT2D eigenvalue weighted by Crippen LogP contribution is 2.37. The Morgan fingerprint density at radius 2 is 0.696 bits per heavy atom. The molecule has 0 saturated carbocycles. The summed E-state index contributed by atoms with van der Waals surface area (Å²) in [6.45, 7) is 4.01. The minimum atomic E-state index is -0.675. The molecule has 0 fully saturated rings. The van der Waals surface area contributed by atoms with Gasteiger partial charge in [0.1, 0.15) is 11.6 Å². The van der Waals surface area contributed by atoms with Crippen molar-refractivity contribution in [1.29, 1.82) is 0 Å². The van der Waals surface area contributed by atoms with Gasteiger partial charge in [-0.05, 0) is 158 Å². The number of ether oxygens (including phenoxy) is 3. The molecule has 0 spiro atoms. The van der Waals surface area contributed by atoms with Gasteiger partial charge in [-0.15, -0.1) is 0 Å². The third-order valence-electron chi connectivity index (χ3n) is 14.1. The Morgan fingerprint density at radius 1 is 0.373 bits per heavy atom. The summed E-state index contributed by atoms with van der Waals surface area (Å²) in [7, 11) is 4.61. The van der Waals surface area contributed by atoms with Crippen LogP contribution < -0.4 is 35.5 Å². The van der Waals surface area contributed by atoms with E-state index in [9.17, 15) is 65.3 Å². The molecule has 0 radical (unpaired) electrons. The SMILES string of the molecule is COc1ccc(Nc2nccc(-c3ccc(O)c([N+](=O)[O-])c3)n2)cc1Cl.COc1ccc(Nc2nccc(-c3ccc(O)c([N+](=O)[O-])c3)n2)cc1OC.Cc1cc(C)cc(Nc2nccc(-c3ccc(O)c([N+](=O)[O-])c3)n2)c1.O=[N+]([O-])c1cc(-c2ccnc(Nc3cccc(F)c3)n2)ccc1O. The molecular weight excluding hydrogens is 1350 g/mol. The zero-order chi connectivity index (χ0) is 73.1. The van der Waals surface area contributed by atoms with Gasteiger partial charge in [0, 0.05) is 100 Å². The summed E-state index contributed by atoms with van der Waals surface area (Å²) < 4.78 is 28.8. The number of nitrogens with zero attached hydrogens (tertiary/aromatic N) is 12. The maximum absolute atomic E-state index is 13.2. The molecule has 0 unspecified atom stereocenters. The maximum Gasteiger partial charge on any atom is 0.311 e. The van der Waals surface area contributed by atoms with Gasteiger partial charge in [0.25, 0.3) is 0 Å². The predicted octanol–water partition coefficient (Wildman–Crippen LogP) is 15.4. The molecule has 102 heavy (non-hydrogen) atoms. The first-order valence-electron chi connectivity index (χ1n) is 29.7. The molecule has 33 heteroatoms. The van der Waals surface area contributed by atoms with Gasteiger partial charge in [-0.25, -0.2) is 44.3 Å². The van der Waals surface area contributed by atoms with Crippen LogP contribution >= 0.6 is 11.6 Å². The molecule has 12 rings (SSSR count). The highest BCUT2D eigenvalue weighted by Gasteiger charge is 2.20. The van der Waals surface area contributed by atoms with Crippen molar-refractivity contribution in [2.75, 3.05) is 42.6 Å². The zero-order valence-corrected chi connectivity index (χ0v) is 54.7. The minimum Gasteiger partial charge on any atom is -0.502 e. The molecule has 0 aliphatic heterocycles. The molecule has 0 aliphatic rings. The number of nitro groups is 4. The lowest BCUT2D eigenvalue weighted by molar-refractivity contribution is -0.385. The van der Waals surface area contributed by atoms with Gasteiger partial charge in [0.15, 0.2) is 34.5 Å². The number of anilines is 8. The van der Waals surface area contributed by atoms with Crippen LogP contribution in [0.3, 0.4) is 0 Å². The summed E-state index contributed by atoms with van der Waals surface area (Å²) in [5.74, 6) is 0.880. The first-order valence-corrected chi connectivity index (χ1v) is 30.0. The van der Waals surface area contributed by atoms with Crippen LogP contribution in [0, 0.1) is 60.1 Å². The highest BCUT2D eigenvalue weighted by molar-refractivity contribution is 6.32. The fourth-order valence-electron chi connectivity index (χ4n) is 9.42. The lowest BCUT2D eigenvalue weighted by atomic mass is 10.1. The number of phenolic OH excluding ortho intramolecular Hbond substituents is 4. The second-order valence-electron chi connectivity index (χ2n) is 21.2. The van der Waals surface area contributed by atoms with E-state index in [1.54, 1.807) is 104 Å². The van der Waals surface area contributed by atoms with Crippen molar-refractivity contribution >= 4 is 80.9 Å². The first-order chi connectivity index (χ1) is 48.9. The van der Waals surface area contributed by atoms with Crippen LogP contribution in [0.15, 0.2) is 201 Å². The van der Waals surface area contributed by atoms with E-state index in [1.165, 1.54) is 99.5 Å². The molecule has 12 aromatic rings. The molecule has 516 valence electrons. The molecule has 4 aromatic heterocycles. The normalized spacial score (nSPS) is 10.4. The van der Waals surface area contributed by atoms with E-state index in [0.29, 0.717) is 102 Å². The molecule has 31 nitrogen and oxygen atoms in total. The van der Waals surface area contributed by atoms with E-state index in [1.807, 2.05) is 26.0 Å². The maximum atomic E-state index is 13.2. The number of hydrogen-bond acceptors (Lipinski definition) is 27. The summed E-state index contributed by atoms with van der Waals surface area (Å²) in [6.07, 6.45) is 6.10. The molecular formula is C69H56ClFN16O15. The second kappa shape index (κ2) is 33.1. The van der Waals surface area contributed by atoms with Crippen molar-refractivity contribution in [3.05, 3.63) is 263 Å². The number of aromatic hydroxyl groups is 4. The molecule has 0 bridgehead atoms. The molecule has 0 amide bonds. The topological polar surface area (TPSA) is 432 Å². The monoisotopic (exact) mass is 1400 g/mol. The fourth-order valence-corrected chi connectivity index (χ4v) is 9.68. The van der Waals surface area contributed by atoms with E-state index >= 15 is 0 Å². The van der Waals surface area contributed by atoms with E-state index < -0.39 is 54.1 Å². The number of methoxy groups -OCH3 is 3. The Labute approximate surface area is 581 Å². The van der Waals surface area contributed by atoms with Crippen molar-refractivity contribution in [2.45, 2.75) is 13.8 Å². The van der Waals surface area contributed by atoms with Crippen LogP contribution in [0.25, 0.3) is 45.0 Å². The number of phenols is 4. The van der Waals surface area contributed by atoms with Gasteiger partial charge in [0.05, 0.1) is 68.8 Å². The number of nitrogens with one attached hydrogen (secondary N) is 4. The molecule has 0 aliphatic carbocycles. The van der Waals surface area contributed by atoms with Crippen molar-refractivity contribution in [2.24, 2.45) is 0 Å². The molecule has 4 heterocycles. The third kappa shape index (κ3) is 19.0. The number of halogens is 2. The summed E-state index contributed by atoms with van der Waals surface area (Å²) in [6, 6.07) is 44.9. The Hall–Kier alpha value is -14.3. The van der Waals surface area contributed by atoms with E-state index in [0.717, 1.165) is 16.8 Å². The number of hydrogen-bond donors (Lipinski definition) is 8. The van der Waals surface area contributed by atoms with Crippen molar-refractivity contribution < 1.29 is 58.7 Å². The van der Waals surface area contributed by atoms with Gasteiger partial charge >= 0.3 is 22.7 Å². The Morgan fingerprint density at radius 3 is 1.02 bits per heavy atom. The minimum absolute atomic E-state index is 0.217. The van der Waals surface area contributed by atoms with Crippen LogP contribution in [0.4, 0.5) is 73.7 Å². The number of aryl methyl sites for hydroxylation is 2. The summed E-state index contributed by atoms with van der Waals surface area (Å²) in [4.78, 5) is 75.1. The quantitative estimate of drug-likeness (QED) is 0.0275. The smallest absolute Gasteiger partial charge is 0.311 e. The first kappa shape index (κ1) is 72.0. The van der Waals surface area contributed by atoms with Crippen molar-refractivity contribution in [3.63, 3.8) is 0 Å². The molecule has 0 saturated heterocycles. The van der Waals surface area contributed by atoms with Crippen molar-refractivity contribution in [1.82, 2.24) is 39.9 Å². The fraction of sp³-hybridized carbons (Fsp3) is 0.0725. The molecule has 8 aromatic carbocycles. The third-order valence-corrected chi connectivity index (χ3v) is 14.4. The standard InChI is InChI=1S/C18H16N4O5.C18H16N4O3.C17H13ClN4O4.C16H11FN4O3/c1-26-16-6-4-12(10-17(16)27-2)20-18-19-8-7-13(21-18)11-3-5-15(23)14(9-11)22(24)25;1-11-7-12(2)9-14(8-11)20-18-19-6-5-15(21-18)13-3-4-17(23)16(10-13)22(24)25;1-26-16-5-3-11(9-12(16)18)20-17-19-7-6-13(21-17)10-2-4-15(23)14(8-10)22(24)25;17-11-2-1-3-12(9-11)19-16-18-7-6-13(20-16)10-4-5-15(22)14(8-10)21(23)24/h3-10,23H,1-2H3,(H,19,20,21);3-10,23H,1-2H3,(H,19,20,21);2-9,23H,1H3,(H,19,20,21);1-9,22H,(H,18,19,20). The average Bonchev–Trinajstić information content (AvgIpc) is 0.836. The van der Waals surface area contributed by atoms with Crippen LogP contribution in [-0.2, 0) is 0 Å². The Bertz CT molecular complexity index is 5080. The number of rotatable bonds is 19. The molecule has 0 atom stereocenters. The van der Waals surface area contributed by atoms with Gasteiger partial charge in [-0.2, -0.15) is 0 Å². The summed E-state index contributed by atoms with van der Waals surface area (Å²) in [5.41, 5.74) is 7.17. The van der Waals surface area contributed by atoms with E-state index in [2.05, 4.69) is 67.2 Å². The van der Waals surface area contributed by atoms with E-state index in [-0.39, 0.29) is 23.1 Å². The van der Waals surface area contributed by atoms with Crippen LogP contribution in [-0.4, -0.2) is 101 Å². The van der Waals surface area contributed by atoms with E-state index in [4.69, 9.17) is 25.8 Å². The van der Waals surface area contributed by atoms with Gasteiger partial charge < -0.3 is 55.9 Å². The summed E-state index contributed by atoms with van der Waals surface area (Å²) >= 11 is 6.09. The number of nitro benzene ring substituents is 4. The van der Waals surface area contributed by atoms with Gasteiger partial charge in [0.2, 0.25) is 23.8 Å². The van der Waals surface area contributed by atoms with Gasteiger partial charge in [-0.3, -0.25) is 40.5 Å². The van der Waals surface area contributed by atoms with Crippen LogP contribution in [0.2, 0.25) is 5.02 Å². The van der Waals surface area contributed by atoms with Gasteiger partial charge in [-0.1, -0.05) is 23.7 Å². The summed E-state index contributed by atoms with van der Waals surface area (Å²) in [5, 5.41) is 94.6. The van der Waals surface area contributed by atoms with Crippen LogP contribution in [0.1, 0.15) is 11.1 Å². The average molecular weight is 1400 g/mol. The Kier molecular flexibility index (Phi) is 23.4. The Balaban J connectivity index is 0.000000158. The second-order valence-corrected chi connectivity index (χ2v) is 21.6. The lowest BCUT2D eigenvalue weighted by Gasteiger charge is -2.11. The number of aromatic nitrogens is 8. The lowest BCUT2D eigenvalue weighted by Crippen LogP contribution is -1.99. The molecule has 8 N–H and O–H groups in total.